The SMILES string of the molecule is CC/C(=N\NC(=O)c1nc(Cl)c(Cl)c(N)c1Cl)c1ccccc1. The Kier molecular flexibility index (Phi) is 5.82. The molecule has 0 spiro atoms. The lowest BCUT2D eigenvalue weighted by atomic mass is 10.1. The number of pyridine rings is 1. The van der Waals surface area contributed by atoms with Crippen LogP contribution in [0.4, 0.5) is 5.69 Å². The van der Waals surface area contributed by atoms with E-state index in [0.29, 0.717) is 12.1 Å². The summed E-state index contributed by atoms with van der Waals surface area (Å²) in [6, 6.07) is 9.48. The maximum Gasteiger partial charge on any atom is 0.291 e. The standard InChI is InChI=1S/C15H13Cl3N4O/c1-2-9(8-6-4-3-5-7-8)21-22-15(23)13-10(16)12(19)11(17)14(18)20-13/h3-7H,2H2,1H3,(H2,19,20)(H,22,23)/b21-9+. The number of halogens is 3. The van der Waals surface area contributed by atoms with E-state index in [-0.39, 0.29) is 26.6 Å². The number of anilines is 1. The van der Waals surface area contributed by atoms with Gasteiger partial charge in [0.25, 0.3) is 5.91 Å². The summed E-state index contributed by atoms with van der Waals surface area (Å²) in [6.07, 6.45) is 0.634. The number of rotatable bonds is 4. The van der Waals surface area contributed by atoms with Gasteiger partial charge in [-0.25, -0.2) is 10.4 Å². The van der Waals surface area contributed by atoms with E-state index in [0.717, 1.165) is 5.56 Å². The van der Waals surface area contributed by atoms with Crippen molar-refractivity contribution in [1.29, 1.82) is 0 Å². The van der Waals surface area contributed by atoms with Crippen LogP contribution in [-0.4, -0.2) is 16.6 Å². The van der Waals surface area contributed by atoms with Crippen molar-refractivity contribution in [2.75, 3.05) is 5.73 Å². The molecule has 0 atom stereocenters. The molecule has 0 aliphatic rings. The van der Waals surface area contributed by atoms with Crippen LogP contribution < -0.4 is 11.2 Å². The van der Waals surface area contributed by atoms with Crippen molar-refractivity contribution >= 4 is 52.1 Å². The Balaban J connectivity index is 2.27. The first-order valence-corrected chi connectivity index (χ1v) is 7.81. The third-order valence-electron chi connectivity index (χ3n) is 3.02. The molecule has 2 rings (SSSR count). The van der Waals surface area contributed by atoms with Crippen molar-refractivity contribution in [1.82, 2.24) is 10.4 Å². The topological polar surface area (TPSA) is 80.4 Å². The van der Waals surface area contributed by atoms with Gasteiger partial charge in [0.1, 0.15) is 5.02 Å². The summed E-state index contributed by atoms with van der Waals surface area (Å²) in [5, 5.41) is 3.96. The summed E-state index contributed by atoms with van der Waals surface area (Å²) < 4.78 is 0. The predicted molar refractivity (Wildman–Crippen MR) is 94.4 cm³/mol. The van der Waals surface area contributed by atoms with E-state index in [1.807, 2.05) is 37.3 Å². The fourth-order valence-electron chi connectivity index (χ4n) is 1.83. The highest BCUT2D eigenvalue weighted by Gasteiger charge is 2.19. The Morgan fingerprint density at radius 1 is 1.22 bits per heavy atom. The molecule has 0 bridgehead atoms. The Hall–Kier alpha value is -1.82. The van der Waals surface area contributed by atoms with E-state index in [1.165, 1.54) is 0 Å². The number of hydrogen-bond donors (Lipinski definition) is 2. The lowest BCUT2D eigenvalue weighted by molar-refractivity contribution is 0.0950. The van der Waals surface area contributed by atoms with Crippen LogP contribution in [0.1, 0.15) is 29.4 Å². The molecular weight excluding hydrogens is 359 g/mol. The number of nitrogen functional groups attached to an aromatic ring is 1. The van der Waals surface area contributed by atoms with Crippen LogP contribution in [-0.2, 0) is 0 Å². The van der Waals surface area contributed by atoms with Crippen molar-refractivity contribution < 1.29 is 4.79 Å². The van der Waals surface area contributed by atoms with Gasteiger partial charge >= 0.3 is 0 Å². The third kappa shape index (κ3) is 3.93. The molecule has 0 unspecified atom stereocenters. The fourth-order valence-corrected chi connectivity index (χ4v) is 2.43. The molecule has 0 radical (unpaired) electrons. The summed E-state index contributed by atoms with van der Waals surface area (Å²) in [4.78, 5) is 16.1. The molecule has 120 valence electrons. The van der Waals surface area contributed by atoms with Gasteiger partial charge in [-0.15, -0.1) is 0 Å². The van der Waals surface area contributed by atoms with Crippen LogP contribution in [0.3, 0.4) is 0 Å². The largest absolute Gasteiger partial charge is 0.396 e. The zero-order chi connectivity index (χ0) is 17.0. The number of aromatic nitrogens is 1. The molecule has 1 aromatic carbocycles. The average Bonchev–Trinajstić information content (AvgIpc) is 2.57. The van der Waals surface area contributed by atoms with Crippen LogP contribution in [0.15, 0.2) is 35.4 Å². The summed E-state index contributed by atoms with van der Waals surface area (Å²) >= 11 is 17.6. The minimum Gasteiger partial charge on any atom is -0.396 e. The van der Waals surface area contributed by atoms with Gasteiger partial charge in [0, 0.05) is 0 Å². The van der Waals surface area contributed by atoms with Gasteiger partial charge in [0.2, 0.25) is 0 Å². The first-order valence-electron chi connectivity index (χ1n) is 6.68. The maximum atomic E-state index is 12.2. The number of amides is 1. The van der Waals surface area contributed by atoms with Crippen LogP contribution in [0.2, 0.25) is 15.2 Å². The molecule has 1 heterocycles. The van der Waals surface area contributed by atoms with Gasteiger partial charge in [-0.2, -0.15) is 5.10 Å². The second kappa shape index (κ2) is 7.64. The van der Waals surface area contributed by atoms with Gasteiger partial charge in [-0.3, -0.25) is 4.79 Å². The number of hydrazone groups is 1. The Bertz CT molecular complexity index is 763. The highest BCUT2D eigenvalue weighted by atomic mass is 35.5. The van der Waals surface area contributed by atoms with E-state index in [9.17, 15) is 4.79 Å². The van der Waals surface area contributed by atoms with Crippen molar-refractivity contribution in [2.24, 2.45) is 5.10 Å². The van der Waals surface area contributed by atoms with E-state index in [2.05, 4.69) is 15.5 Å². The lowest BCUT2D eigenvalue weighted by Crippen LogP contribution is -2.22. The minimum atomic E-state index is -0.623. The number of nitrogens with two attached hydrogens (primary N) is 1. The van der Waals surface area contributed by atoms with Crippen LogP contribution >= 0.6 is 34.8 Å². The highest BCUT2D eigenvalue weighted by molar-refractivity contribution is 6.46. The monoisotopic (exact) mass is 370 g/mol. The average molecular weight is 372 g/mol. The number of nitrogens with one attached hydrogen (secondary N) is 1. The third-order valence-corrected chi connectivity index (χ3v) is 4.16. The molecule has 5 nitrogen and oxygen atoms in total. The van der Waals surface area contributed by atoms with Crippen LogP contribution in [0.5, 0.6) is 0 Å². The zero-order valence-corrected chi connectivity index (χ0v) is 14.4. The van der Waals surface area contributed by atoms with E-state index in [1.54, 1.807) is 0 Å². The van der Waals surface area contributed by atoms with Crippen molar-refractivity contribution in [3.05, 3.63) is 56.8 Å². The van der Waals surface area contributed by atoms with Crippen molar-refractivity contribution in [2.45, 2.75) is 13.3 Å². The summed E-state index contributed by atoms with van der Waals surface area (Å²) in [6.45, 7) is 1.93. The first-order chi connectivity index (χ1) is 11.0. The Morgan fingerprint density at radius 2 is 1.87 bits per heavy atom. The number of benzene rings is 1. The number of carbonyl (C=O) groups is 1. The molecule has 1 aromatic heterocycles. The summed E-state index contributed by atoms with van der Waals surface area (Å²) in [7, 11) is 0. The predicted octanol–water partition coefficient (Wildman–Crippen LogP) is 4.17. The van der Waals surface area contributed by atoms with Gasteiger partial charge in [-0.1, -0.05) is 72.1 Å². The second-order valence-corrected chi connectivity index (χ2v) is 5.63. The van der Waals surface area contributed by atoms with Crippen LogP contribution in [0, 0.1) is 0 Å². The Morgan fingerprint density at radius 3 is 2.48 bits per heavy atom. The summed E-state index contributed by atoms with van der Waals surface area (Å²) in [5.41, 5.74) is 9.58. The quantitative estimate of drug-likeness (QED) is 0.481. The minimum absolute atomic E-state index is 0.00115. The normalized spacial score (nSPS) is 11.4. The van der Waals surface area contributed by atoms with Crippen LogP contribution in [0.25, 0.3) is 0 Å². The molecule has 0 saturated heterocycles. The van der Waals surface area contributed by atoms with Gasteiger partial charge in [0.15, 0.2) is 10.8 Å². The van der Waals surface area contributed by atoms with E-state index < -0.39 is 5.91 Å². The molecule has 3 N–H and O–H groups in total. The molecule has 0 saturated carbocycles. The fraction of sp³-hybridized carbons (Fsp3) is 0.133. The van der Waals surface area contributed by atoms with Gasteiger partial charge < -0.3 is 5.73 Å². The summed E-state index contributed by atoms with van der Waals surface area (Å²) in [5.74, 6) is -0.623. The Labute approximate surface area is 148 Å². The van der Waals surface area contributed by atoms with Gasteiger partial charge in [0.05, 0.1) is 16.4 Å². The highest BCUT2D eigenvalue weighted by Crippen LogP contribution is 2.34. The molecule has 8 heteroatoms. The molecule has 0 aliphatic carbocycles. The molecule has 0 fully saturated rings. The molecular formula is C15H13Cl3N4O. The number of carbonyl (C=O) groups excluding carboxylic acids is 1. The second-order valence-electron chi connectivity index (χ2n) is 4.51. The first kappa shape index (κ1) is 17.5. The van der Waals surface area contributed by atoms with E-state index >= 15 is 0 Å². The number of nitrogens with zero attached hydrogens (tertiary/aromatic N) is 2. The van der Waals surface area contributed by atoms with Crippen molar-refractivity contribution in [3.63, 3.8) is 0 Å². The molecule has 2 aromatic rings. The van der Waals surface area contributed by atoms with E-state index in [4.69, 9.17) is 40.5 Å². The van der Waals surface area contributed by atoms with Crippen molar-refractivity contribution in [3.8, 4) is 0 Å². The smallest absolute Gasteiger partial charge is 0.291 e. The lowest BCUT2D eigenvalue weighted by Gasteiger charge is -2.09. The maximum absolute atomic E-state index is 12.2. The zero-order valence-electron chi connectivity index (χ0n) is 12.1. The van der Waals surface area contributed by atoms with Gasteiger partial charge in [-0.05, 0) is 12.0 Å². The molecule has 1 amide bonds. The molecule has 23 heavy (non-hydrogen) atoms. The number of hydrogen-bond acceptors (Lipinski definition) is 4. The molecule has 0 aliphatic heterocycles.